The van der Waals surface area contributed by atoms with E-state index >= 15 is 0 Å². The molecule has 0 saturated carbocycles. The van der Waals surface area contributed by atoms with Gasteiger partial charge in [-0.1, -0.05) is 18.2 Å². The molecule has 0 unspecified atom stereocenters. The third kappa shape index (κ3) is 3.14. The van der Waals surface area contributed by atoms with Crippen LogP contribution in [0, 0.1) is 6.92 Å². The summed E-state index contributed by atoms with van der Waals surface area (Å²) in [6.07, 6.45) is 0. The maximum absolute atomic E-state index is 12.6. The van der Waals surface area contributed by atoms with E-state index in [1.165, 1.54) is 13.0 Å². The van der Waals surface area contributed by atoms with E-state index in [0.29, 0.717) is 22.1 Å². The Morgan fingerprint density at radius 3 is 2.44 bits per heavy atom. The zero-order chi connectivity index (χ0) is 18.1. The molecular weight excluding hydrogens is 320 g/mol. The molecule has 0 atom stereocenters. The number of hydrogen-bond donors (Lipinski definition) is 2. The first-order chi connectivity index (χ1) is 11.9. The highest BCUT2D eigenvalue weighted by molar-refractivity contribution is 6.14. The summed E-state index contributed by atoms with van der Waals surface area (Å²) in [4.78, 5) is 35.7. The van der Waals surface area contributed by atoms with Crippen molar-refractivity contribution in [2.75, 3.05) is 5.32 Å². The molecule has 126 valence electrons. The fourth-order valence-electron chi connectivity index (χ4n) is 2.57. The molecule has 25 heavy (non-hydrogen) atoms. The second-order valence-electron chi connectivity index (χ2n) is 5.76. The fourth-order valence-corrected chi connectivity index (χ4v) is 2.57. The molecule has 6 heteroatoms. The second kappa shape index (κ2) is 6.24. The number of ketones is 1. The van der Waals surface area contributed by atoms with Crippen LogP contribution in [0.3, 0.4) is 0 Å². The molecule has 0 aliphatic rings. The summed E-state index contributed by atoms with van der Waals surface area (Å²) in [5.74, 6) is -1.50. The van der Waals surface area contributed by atoms with Gasteiger partial charge in [0.15, 0.2) is 5.78 Å². The van der Waals surface area contributed by atoms with Crippen molar-refractivity contribution in [2.24, 2.45) is 5.73 Å². The first-order valence-corrected chi connectivity index (χ1v) is 7.62. The Morgan fingerprint density at radius 1 is 1.04 bits per heavy atom. The van der Waals surface area contributed by atoms with Crippen LogP contribution in [0.4, 0.5) is 5.69 Å². The van der Waals surface area contributed by atoms with Crippen LogP contribution in [-0.2, 0) is 0 Å². The minimum atomic E-state index is -0.776. The molecule has 0 bridgehead atoms. The van der Waals surface area contributed by atoms with Crippen LogP contribution >= 0.6 is 0 Å². The van der Waals surface area contributed by atoms with Gasteiger partial charge in [-0.3, -0.25) is 14.4 Å². The van der Waals surface area contributed by atoms with E-state index in [2.05, 4.69) is 5.32 Å². The van der Waals surface area contributed by atoms with Crippen molar-refractivity contribution in [3.8, 4) is 0 Å². The molecule has 3 aromatic rings. The van der Waals surface area contributed by atoms with E-state index in [1.807, 2.05) is 13.0 Å². The number of nitrogens with two attached hydrogens (primary N) is 1. The average Bonchev–Trinajstić information content (AvgIpc) is 2.92. The van der Waals surface area contributed by atoms with Crippen LogP contribution in [0.5, 0.6) is 0 Å². The number of hydrogen-bond acceptors (Lipinski definition) is 4. The number of primary amides is 1. The number of aryl methyl sites for hydroxylation is 1. The van der Waals surface area contributed by atoms with Crippen LogP contribution in [0.2, 0.25) is 0 Å². The maximum Gasteiger partial charge on any atom is 0.286 e. The van der Waals surface area contributed by atoms with E-state index in [-0.39, 0.29) is 17.2 Å². The molecule has 0 spiro atoms. The Labute approximate surface area is 143 Å². The summed E-state index contributed by atoms with van der Waals surface area (Å²) >= 11 is 0. The first kappa shape index (κ1) is 16.4. The Morgan fingerprint density at radius 2 is 1.76 bits per heavy atom. The van der Waals surface area contributed by atoms with Gasteiger partial charge < -0.3 is 15.5 Å². The van der Waals surface area contributed by atoms with Crippen LogP contribution in [0.25, 0.3) is 11.0 Å². The Kier molecular flexibility index (Phi) is 4.10. The molecule has 3 rings (SSSR count). The molecule has 0 aliphatic carbocycles. The largest absolute Gasteiger partial charge is 0.449 e. The third-order valence-electron chi connectivity index (χ3n) is 3.84. The zero-order valence-corrected chi connectivity index (χ0v) is 13.8. The summed E-state index contributed by atoms with van der Waals surface area (Å²) in [5, 5.41) is 3.25. The van der Waals surface area contributed by atoms with E-state index in [9.17, 15) is 14.4 Å². The highest BCUT2D eigenvalue weighted by atomic mass is 16.3. The van der Waals surface area contributed by atoms with E-state index < -0.39 is 11.8 Å². The normalized spacial score (nSPS) is 10.6. The monoisotopic (exact) mass is 336 g/mol. The van der Waals surface area contributed by atoms with Crippen molar-refractivity contribution in [3.63, 3.8) is 0 Å². The molecule has 0 fully saturated rings. The molecule has 3 N–H and O–H groups in total. The molecule has 1 heterocycles. The molecule has 1 aromatic heterocycles. The van der Waals surface area contributed by atoms with Gasteiger partial charge in [-0.2, -0.15) is 0 Å². The number of nitrogens with one attached hydrogen (secondary N) is 1. The minimum Gasteiger partial charge on any atom is -0.449 e. The van der Waals surface area contributed by atoms with Gasteiger partial charge in [0, 0.05) is 16.5 Å². The van der Waals surface area contributed by atoms with Gasteiger partial charge in [0.1, 0.15) is 11.3 Å². The summed E-state index contributed by atoms with van der Waals surface area (Å²) in [5.41, 5.74) is 7.72. The summed E-state index contributed by atoms with van der Waals surface area (Å²) < 4.78 is 5.50. The first-order valence-electron chi connectivity index (χ1n) is 7.62. The summed E-state index contributed by atoms with van der Waals surface area (Å²) in [7, 11) is 0. The predicted octanol–water partition coefficient (Wildman–Crippen LogP) is 3.30. The van der Waals surface area contributed by atoms with Gasteiger partial charge in [0.25, 0.3) is 11.8 Å². The average molecular weight is 336 g/mol. The number of Topliss-reactive ketones (excluding diaryl/α,β-unsaturated/α-hetero) is 1. The molecule has 0 radical (unpaired) electrons. The number of benzene rings is 2. The van der Waals surface area contributed by atoms with Crippen molar-refractivity contribution < 1.29 is 18.8 Å². The van der Waals surface area contributed by atoms with E-state index in [4.69, 9.17) is 10.2 Å². The quantitative estimate of drug-likeness (QED) is 0.714. The lowest BCUT2D eigenvalue weighted by atomic mass is 10.1. The lowest BCUT2D eigenvalue weighted by Crippen LogP contribution is -2.17. The van der Waals surface area contributed by atoms with Crippen molar-refractivity contribution in [2.45, 2.75) is 13.8 Å². The molecule has 2 amide bonds. The Bertz CT molecular complexity index is 1020. The van der Waals surface area contributed by atoms with Crippen molar-refractivity contribution >= 4 is 34.3 Å². The second-order valence-corrected chi connectivity index (χ2v) is 5.76. The number of anilines is 1. The zero-order valence-electron chi connectivity index (χ0n) is 13.8. The summed E-state index contributed by atoms with van der Waals surface area (Å²) in [6.45, 7) is 3.31. The van der Waals surface area contributed by atoms with E-state index in [0.717, 1.165) is 5.56 Å². The number of carbonyl (C=O) groups excluding carboxylic acids is 3. The van der Waals surface area contributed by atoms with Crippen molar-refractivity contribution in [1.29, 1.82) is 0 Å². The standard InChI is InChI=1S/C19H16N2O4/c1-10-6-7-14-15(8-10)25-17(18(20)23)16(14)21-19(24)13-5-3-4-12(9-13)11(2)22/h3-9H,1-2H3,(H2,20,23)(H,21,24). The predicted molar refractivity (Wildman–Crippen MR) is 93.9 cm³/mol. The number of fused-ring (bicyclic) bond motifs is 1. The van der Waals surface area contributed by atoms with Gasteiger partial charge in [-0.15, -0.1) is 0 Å². The number of carbonyl (C=O) groups is 3. The van der Waals surface area contributed by atoms with E-state index in [1.54, 1.807) is 30.3 Å². The highest BCUT2D eigenvalue weighted by Gasteiger charge is 2.21. The number of furan rings is 1. The van der Waals surface area contributed by atoms with Gasteiger partial charge in [0.2, 0.25) is 5.76 Å². The van der Waals surface area contributed by atoms with Gasteiger partial charge in [-0.05, 0) is 43.7 Å². The molecule has 2 aromatic carbocycles. The lowest BCUT2D eigenvalue weighted by Gasteiger charge is -2.06. The van der Waals surface area contributed by atoms with Crippen molar-refractivity contribution in [3.05, 3.63) is 64.9 Å². The molecule has 6 nitrogen and oxygen atoms in total. The Hall–Kier alpha value is -3.41. The molecular formula is C19H16N2O4. The topological polar surface area (TPSA) is 102 Å². The van der Waals surface area contributed by atoms with Crippen LogP contribution in [0.15, 0.2) is 46.9 Å². The smallest absolute Gasteiger partial charge is 0.286 e. The number of amides is 2. The van der Waals surface area contributed by atoms with Gasteiger partial charge >= 0.3 is 0 Å². The third-order valence-corrected chi connectivity index (χ3v) is 3.84. The van der Waals surface area contributed by atoms with Crippen LogP contribution < -0.4 is 11.1 Å². The maximum atomic E-state index is 12.6. The SMILES string of the molecule is CC(=O)c1cccc(C(=O)Nc2c(C(N)=O)oc3cc(C)ccc23)c1. The van der Waals surface area contributed by atoms with Gasteiger partial charge in [-0.25, -0.2) is 0 Å². The van der Waals surface area contributed by atoms with Gasteiger partial charge in [0.05, 0.1) is 0 Å². The summed E-state index contributed by atoms with van der Waals surface area (Å²) in [6, 6.07) is 11.7. The Balaban J connectivity index is 2.03. The minimum absolute atomic E-state index is 0.114. The fraction of sp³-hybridized carbons (Fsp3) is 0.105. The molecule has 0 saturated heterocycles. The van der Waals surface area contributed by atoms with Crippen molar-refractivity contribution in [1.82, 2.24) is 0 Å². The molecule has 0 aliphatic heterocycles. The number of rotatable bonds is 4. The van der Waals surface area contributed by atoms with Crippen LogP contribution in [0.1, 0.15) is 43.8 Å². The lowest BCUT2D eigenvalue weighted by molar-refractivity contribution is 0.0975. The highest BCUT2D eigenvalue weighted by Crippen LogP contribution is 2.31. The van der Waals surface area contributed by atoms with Crippen LogP contribution in [-0.4, -0.2) is 17.6 Å².